The van der Waals surface area contributed by atoms with Crippen molar-refractivity contribution in [3.05, 3.63) is 81.1 Å². The zero-order valence-electron chi connectivity index (χ0n) is 21.8. The largest absolute Gasteiger partial charge is 0.755 e. The van der Waals surface area contributed by atoms with Gasteiger partial charge in [0.2, 0.25) is 0 Å². The van der Waals surface area contributed by atoms with Crippen LogP contribution in [0.15, 0.2) is 48.5 Å². The Kier molecular flexibility index (Phi) is 8.75. The Morgan fingerprint density at radius 3 is 2.35 bits per heavy atom. The molecule has 12 heteroatoms. The topological polar surface area (TPSA) is 119 Å². The molecular weight excluding hydrogens is 582 g/mol. The normalized spacial score (nSPS) is 14.0. The third-order valence-electron chi connectivity index (χ3n) is 5.98. The molecule has 0 spiro atoms. The Morgan fingerprint density at radius 1 is 1.07 bits per heavy atom. The lowest BCUT2D eigenvalue weighted by molar-refractivity contribution is -0.136. The van der Waals surface area contributed by atoms with E-state index in [9.17, 15) is 22.7 Å². The molecule has 1 atom stereocenters. The molecule has 8 nitrogen and oxygen atoms in total. The highest BCUT2D eigenvalue weighted by Crippen LogP contribution is 2.45. The minimum Gasteiger partial charge on any atom is -0.755 e. The van der Waals surface area contributed by atoms with Crippen LogP contribution in [0.1, 0.15) is 61.0 Å². The third kappa shape index (κ3) is 7.11. The number of carbonyl (C=O) groups is 2. The second kappa shape index (κ2) is 11.7. The molecule has 1 unspecified atom stereocenters. The van der Waals surface area contributed by atoms with E-state index >= 15 is 0 Å². The van der Waals surface area contributed by atoms with Crippen LogP contribution in [-0.2, 0) is 22.5 Å². The SMILES string of the molecule is CC(C)(C)NC(=O)c1ccc(Oc2cc(F)c(CC(=O)O)cc2Cl)c(N(c2ccc(C3CC3)cc2Cl)S(=O)[O-])c1. The highest BCUT2D eigenvalue weighted by Gasteiger charge is 2.27. The number of anilines is 2. The van der Waals surface area contributed by atoms with E-state index in [-0.39, 0.29) is 44.0 Å². The number of aliphatic carboxylic acids is 1. The number of carboxylic acids is 1. The quantitative estimate of drug-likeness (QED) is 0.256. The summed E-state index contributed by atoms with van der Waals surface area (Å²) in [4.78, 5) is 24.0. The van der Waals surface area contributed by atoms with Gasteiger partial charge >= 0.3 is 5.97 Å². The molecule has 0 heterocycles. The smallest absolute Gasteiger partial charge is 0.307 e. The van der Waals surface area contributed by atoms with Gasteiger partial charge < -0.3 is 19.7 Å². The van der Waals surface area contributed by atoms with Crippen molar-refractivity contribution in [2.45, 2.75) is 51.5 Å². The summed E-state index contributed by atoms with van der Waals surface area (Å²) in [7, 11) is 0. The standard InChI is InChI=1S/C28H27Cl2FN2O6S/c1-28(2,3)32-27(36)17-7-9-24(39-25-14-21(31)18(11-20(25)30)13-26(34)35)23(12-17)33(40(37)38)22-8-6-16(10-19(22)29)15-4-5-15/h6-12,14-15H,4-5,13H2,1-3H3,(H,32,36)(H,34,35)(H,37,38)/p-1. The van der Waals surface area contributed by atoms with Gasteiger partial charge in [-0.15, -0.1) is 0 Å². The van der Waals surface area contributed by atoms with Gasteiger partial charge in [0.05, 0.1) is 39.1 Å². The zero-order chi connectivity index (χ0) is 29.4. The van der Waals surface area contributed by atoms with Crippen molar-refractivity contribution < 1.29 is 32.6 Å². The average Bonchev–Trinajstić information content (AvgIpc) is 3.68. The predicted molar refractivity (Wildman–Crippen MR) is 151 cm³/mol. The molecule has 40 heavy (non-hydrogen) atoms. The molecule has 2 N–H and O–H groups in total. The van der Waals surface area contributed by atoms with Crippen molar-refractivity contribution in [3.8, 4) is 11.5 Å². The molecular formula is C28H26Cl2FN2O6S-. The van der Waals surface area contributed by atoms with E-state index in [1.54, 1.807) is 39.0 Å². The third-order valence-corrected chi connectivity index (χ3v) is 7.27. The Bertz CT molecular complexity index is 1510. The molecule has 0 bridgehead atoms. The van der Waals surface area contributed by atoms with Gasteiger partial charge in [0, 0.05) is 22.7 Å². The van der Waals surface area contributed by atoms with Gasteiger partial charge in [-0.2, -0.15) is 0 Å². The molecule has 212 valence electrons. The molecule has 0 saturated heterocycles. The van der Waals surface area contributed by atoms with Crippen LogP contribution in [0.2, 0.25) is 10.0 Å². The zero-order valence-corrected chi connectivity index (χ0v) is 24.1. The van der Waals surface area contributed by atoms with Gasteiger partial charge in [-0.1, -0.05) is 29.3 Å². The number of hydrogen-bond acceptors (Lipinski definition) is 5. The van der Waals surface area contributed by atoms with Crippen molar-refractivity contribution in [3.63, 3.8) is 0 Å². The summed E-state index contributed by atoms with van der Waals surface area (Å²) >= 11 is 9.89. The van der Waals surface area contributed by atoms with E-state index in [1.807, 2.05) is 0 Å². The Balaban J connectivity index is 1.82. The fraction of sp³-hybridized carbons (Fsp3) is 0.286. The van der Waals surface area contributed by atoms with E-state index in [4.69, 9.17) is 33.0 Å². The maximum absolute atomic E-state index is 14.7. The lowest BCUT2D eigenvalue weighted by atomic mass is 10.1. The fourth-order valence-corrected chi connectivity index (χ4v) is 5.20. The molecule has 0 aromatic heterocycles. The molecule has 4 rings (SSSR count). The van der Waals surface area contributed by atoms with Crippen molar-refractivity contribution in [1.82, 2.24) is 5.32 Å². The number of halogens is 3. The first-order valence-corrected chi connectivity index (χ1v) is 14.1. The van der Waals surface area contributed by atoms with Crippen LogP contribution in [0.4, 0.5) is 15.8 Å². The van der Waals surface area contributed by atoms with Gasteiger partial charge in [0.15, 0.2) is 5.75 Å². The highest BCUT2D eigenvalue weighted by atomic mass is 35.5. The number of rotatable bonds is 9. The molecule has 3 aromatic rings. The molecule has 1 aliphatic carbocycles. The summed E-state index contributed by atoms with van der Waals surface area (Å²) in [6.07, 6.45) is 1.46. The van der Waals surface area contributed by atoms with Crippen LogP contribution >= 0.6 is 23.2 Å². The van der Waals surface area contributed by atoms with E-state index in [0.29, 0.717) is 5.92 Å². The molecule has 0 aliphatic heterocycles. The average molecular weight is 608 g/mol. The van der Waals surface area contributed by atoms with Crippen molar-refractivity contribution >= 4 is 57.7 Å². The lowest BCUT2D eigenvalue weighted by Gasteiger charge is -2.30. The van der Waals surface area contributed by atoms with E-state index in [0.717, 1.165) is 34.8 Å². The van der Waals surface area contributed by atoms with Gasteiger partial charge in [0.25, 0.3) is 5.91 Å². The molecule has 1 saturated carbocycles. The first-order chi connectivity index (χ1) is 18.7. The summed E-state index contributed by atoms with van der Waals surface area (Å²) in [5.74, 6) is -2.46. The van der Waals surface area contributed by atoms with Crippen molar-refractivity contribution in [2.75, 3.05) is 4.31 Å². The Labute approximate surface area is 243 Å². The van der Waals surface area contributed by atoms with Crippen LogP contribution in [0.25, 0.3) is 0 Å². The van der Waals surface area contributed by atoms with E-state index < -0.39 is 40.9 Å². The summed E-state index contributed by atoms with van der Waals surface area (Å²) in [6, 6.07) is 11.2. The van der Waals surface area contributed by atoms with Crippen molar-refractivity contribution in [1.29, 1.82) is 0 Å². The lowest BCUT2D eigenvalue weighted by Crippen LogP contribution is -2.40. The Hall–Kier alpha value is -3.18. The molecule has 1 aliphatic rings. The maximum atomic E-state index is 14.7. The number of hydrogen-bond donors (Lipinski definition) is 2. The van der Waals surface area contributed by atoms with Gasteiger partial charge in [-0.05, 0) is 81.5 Å². The second-order valence-corrected chi connectivity index (χ2v) is 12.0. The van der Waals surface area contributed by atoms with Gasteiger partial charge in [-0.3, -0.25) is 18.1 Å². The van der Waals surface area contributed by atoms with Gasteiger partial charge in [-0.25, -0.2) is 4.39 Å². The Morgan fingerprint density at radius 2 is 1.77 bits per heavy atom. The minimum atomic E-state index is -2.93. The first kappa shape index (κ1) is 29.8. The summed E-state index contributed by atoms with van der Waals surface area (Å²) in [6.45, 7) is 5.40. The summed E-state index contributed by atoms with van der Waals surface area (Å²) < 4.78 is 46.7. The molecule has 3 aromatic carbocycles. The molecule has 1 fully saturated rings. The number of nitrogens with one attached hydrogen (secondary N) is 1. The van der Waals surface area contributed by atoms with Gasteiger partial charge in [0.1, 0.15) is 11.6 Å². The summed E-state index contributed by atoms with van der Waals surface area (Å²) in [5.41, 5.74) is 0.437. The predicted octanol–water partition coefficient (Wildman–Crippen LogP) is 6.89. The maximum Gasteiger partial charge on any atom is 0.307 e. The number of nitrogens with zero attached hydrogens (tertiary/aromatic N) is 1. The number of benzene rings is 3. The number of carbonyl (C=O) groups excluding carboxylic acids is 1. The van der Waals surface area contributed by atoms with E-state index in [1.165, 1.54) is 18.2 Å². The summed E-state index contributed by atoms with van der Waals surface area (Å²) in [5, 5.41) is 11.9. The first-order valence-electron chi connectivity index (χ1n) is 12.3. The number of ether oxygens (including phenoxy) is 1. The van der Waals surface area contributed by atoms with E-state index in [2.05, 4.69) is 5.32 Å². The van der Waals surface area contributed by atoms with Crippen LogP contribution in [0.3, 0.4) is 0 Å². The number of carboxylic acid groups (broad SMARTS) is 1. The molecule has 0 radical (unpaired) electrons. The van der Waals surface area contributed by atoms with Crippen LogP contribution in [0.5, 0.6) is 11.5 Å². The highest BCUT2D eigenvalue weighted by molar-refractivity contribution is 7.81. The van der Waals surface area contributed by atoms with Crippen LogP contribution in [-0.4, -0.2) is 31.3 Å². The second-order valence-electron chi connectivity index (χ2n) is 10.4. The van der Waals surface area contributed by atoms with Crippen LogP contribution in [0, 0.1) is 5.82 Å². The van der Waals surface area contributed by atoms with Crippen molar-refractivity contribution in [2.24, 2.45) is 0 Å². The number of amides is 1. The minimum absolute atomic E-state index is 0.0777. The fourth-order valence-electron chi connectivity index (χ4n) is 4.03. The molecule has 1 amide bonds. The monoisotopic (exact) mass is 607 g/mol. The van der Waals surface area contributed by atoms with Crippen LogP contribution < -0.4 is 14.4 Å².